The van der Waals surface area contributed by atoms with Crippen LogP contribution in [0.2, 0.25) is 11.1 Å². The van der Waals surface area contributed by atoms with Crippen molar-refractivity contribution >= 4 is 25.8 Å². The molecule has 0 spiro atoms. The molecule has 3 rings (SSSR count). The SMILES string of the molecule is CC[Si](C1=CC=CC1)(P(c1ccccc1)c1ccccc1)C(C)(C)C. The van der Waals surface area contributed by atoms with Gasteiger partial charge in [-0.3, -0.25) is 0 Å². The Morgan fingerprint density at radius 3 is 1.76 bits per heavy atom. The van der Waals surface area contributed by atoms with E-state index in [0.29, 0.717) is 5.04 Å². The number of rotatable bonds is 5. The zero-order valence-electron chi connectivity index (χ0n) is 15.9. The molecule has 0 nitrogen and oxygen atoms in total. The van der Waals surface area contributed by atoms with Crippen LogP contribution in [0.4, 0.5) is 0 Å². The molecule has 130 valence electrons. The summed E-state index contributed by atoms with van der Waals surface area (Å²) < 4.78 is 0. The minimum atomic E-state index is -1.79. The Morgan fingerprint density at radius 2 is 1.40 bits per heavy atom. The summed E-state index contributed by atoms with van der Waals surface area (Å²) in [5, 5.41) is 5.14. The number of allylic oxidation sites excluding steroid dienone is 4. The van der Waals surface area contributed by atoms with Gasteiger partial charge in [0.1, 0.15) is 7.74 Å². The molecule has 0 saturated carbocycles. The lowest BCUT2D eigenvalue weighted by atomic mass is 10.2. The summed E-state index contributed by atoms with van der Waals surface area (Å²) in [4.78, 5) is 0. The van der Waals surface area contributed by atoms with Crippen LogP contribution in [0.5, 0.6) is 0 Å². The lowest BCUT2D eigenvalue weighted by Gasteiger charge is -2.50. The Morgan fingerprint density at radius 1 is 0.880 bits per heavy atom. The standard InChI is InChI=1S/C23H29PSi/c1-5-25(23(2,3)4,22-18-12-13-19-22)24(20-14-8-6-9-15-20)21-16-10-7-11-17-21/h6-18H,5,19H2,1-4H3. The Hall–Kier alpha value is -1.43. The van der Waals surface area contributed by atoms with Gasteiger partial charge in [-0.15, -0.1) is 0 Å². The third-order valence-corrected chi connectivity index (χ3v) is 20.5. The summed E-state index contributed by atoms with van der Waals surface area (Å²) in [6.45, 7) is 9.91. The Balaban J connectivity index is 2.27. The molecule has 25 heavy (non-hydrogen) atoms. The number of hydrogen-bond donors (Lipinski definition) is 0. The first-order valence-corrected chi connectivity index (χ1v) is 13.7. The summed E-state index contributed by atoms with van der Waals surface area (Å²) in [5.74, 6) is 0. The molecule has 0 N–H and O–H groups in total. The fourth-order valence-corrected chi connectivity index (χ4v) is 18.9. The van der Waals surface area contributed by atoms with Crippen molar-refractivity contribution in [3.05, 3.63) is 84.1 Å². The Kier molecular flexibility index (Phi) is 5.46. The molecule has 0 bridgehead atoms. The van der Waals surface area contributed by atoms with Crippen molar-refractivity contribution in [3.8, 4) is 0 Å². The zero-order chi connectivity index (χ0) is 17.9. The first-order chi connectivity index (χ1) is 12.0. The smallest absolute Gasteiger partial charge is 0.0808 e. The molecule has 2 aromatic rings. The molecule has 0 aromatic heterocycles. The predicted molar refractivity (Wildman–Crippen MR) is 117 cm³/mol. The summed E-state index contributed by atoms with van der Waals surface area (Å²) in [6, 6.07) is 23.9. The van der Waals surface area contributed by atoms with Crippen molar-refractivity contribution in [3.63, 3.8) is 0 Å². The van der Waals surface area contributed by atoms with Gasteiger partial charge in [0.05, 0.1) is 0 Å². The maximum Gasteiger partial charge on any atom is 0.123 e. The van der Waals surface area contributed by atoms with E-state index in [2.05, 4.69) is 107 Å². The van der Waals surface area contributed by atoms with Gasteiger partial charge in [0.25, 0.3) is 0 Å². The maximum absolute atomic E-state index is 2.49. The van der Waals surface area contributed by atoms with Crippen molar-refractivity contribution in [2.45, 2.75) is 45.2 Å². The van der Waals surface area contributed by atoms with E-state index in [1.807, 2.05) is 0 Å². The lowest BCUT2D eigenvalue weighted by Crippen LogP contribution is -2.48. The Bertz CT molecular complexity index is 716. The molecular formula is C23H29PSi. The zero-order valence-corrected chi connectivity index (χ0v) is 17.8. The molecule has 0 amide bonds. The van der Waals surface area contributed by atoms with Gasteiger partial charge in [-0.05, 0) is 22.1 Å². The average molecular weight is 365 g/mol. The van der Waals surface area contributed by atoms with E-state index >= 15 is 0 Å². The maximum atomic E-state index is 2.49. The molecule has 0 aliphatic heterocycles. The van der Waals surface area contributed by atoms with E-state index in [0.717, 1.165) is 6.42 Å². The van der Waals surface area contributed by atoms with Crippen LogP contribution in [0.15, 0.2) is 84.1 Å². The highest BCUT2D eigenvalue weighted by Crippen LogP contribution is 2.62. The predicted octanol–water partition coefficient (Wildman–Crippen LogP) is 6.31. The second kappa shape index (κ2) is 7.44. The van der Waals surface area contributed by atoms with E-state index in [9.17, 15) is 0 Å². The molecule has 0 saturated heterocycles. The fraction of sp³-hybridized carbons (Fsp3) is 0.304. The van der Waals surface area contributed by atoms with Gasteiger partial charge in [0, 0.05) is 0 Å². The van der Waals surface area contributed by atoms with Crippen LogP contribution in [0, 0.1) is 0 Å². The summed E-state index contributed by atoms with van der Waals surface area (Å²) in [5.41, 5.74) is 0. The summed E-state index contributed by atoms with van der Waals surface area (Å²) >= 11 is 0. The highest BCUT2D eigenvalue weighted by molar-refractivity contribution is 8.06. The summed E-state index contributed by atoms with van der Waals surface area (Å²) in [6.07, 6.45) is 8.22. The minimum absolute atomic E-state index is 0.316. The molecule has 0 fully saturated rings. The van der Waals surface area contributed by atoms with Crippen molar-refractivity contribution < 1.29 is 0 Å². The van der Waals surface area contributed by atoms with Crippen molar-refractivity contribution in [2.24, 2.45) is 0 Å². The quantitative estimate of drug-likeness (QED) is 0.431. The fourth-order valence-electron chi connectivity index (χ4n) is 4.37. The molecular weight excluding hydrogens is 335 g/mol. The normalized spacial score (nSPS) is 16.8. The van der Waals surface area contributed by atoms with Crippen LogP contribution in [0.3, 0.4) is 0 Å². The molecule has 0 heterocycles. The second-order valence-corrected chi connectivity index (χ2v) is 17.7. The monoisotopic (exact) mass is 364 g/mol. The molecule has 1 unspecified atom stereocenters. The van der Waals surface area contributed by atoms with E-state index in [4.69, 9.17) is 0 Å². The largest absolute Gasteiger partial charge is 0.123 e. The number of benzene rings is 2. The Labute approximate surface area is 155 Å². The average Bonchev–Trinajstić information content (AvgIpc) is 3.14. The van der Waals surface area contributed by atoms with Crippen LogP contribution in [0.25, 0.3) is 0 Å². The van der Waals surface area contributed by atoms with Gasteiger partial charge >= 0.3 is 0 Å². The third-order valence-electron chi connectivity index (χ3n) is 5.47. The van der Waals surface area contributed by atoms with E-state index < -0.39 is 7.74 Å². The van der Waals surface area contributed by atoms with E-state index in [-0.39, 0.29) is 7.47 Å². The van der Waals surface area contributed by atoms with Crippen molar-refractivity contribution in [2.75, 3.05) is 0 Å². The van der Waals surface area contributed by atoms with Gasteiger partial charge in [-0.25, -0.2) is 0 Å². The molecule has 1 aliphatic rings. The van der Waals surface area contributed by atoms with Gasteiger partial charge in [0.2, 0.25) is 0 Å². The van der Waals surface area contributed by atoms with Gasteiger partial charge in [0.15, 0.2) is 0 Å². The highest BCUT2D eigenvalue weighted by atomic mass is 31.4. The first kappa shape index (κ1) is 18.4. The lowest BCUT2D eigenvalue weighted by molar-refractivity contribution is 0.728. The first-order valence-electron chi connectivity index (χ1n) is 9.27. The van der Waals surface area contributed by atoms with Crippen molar-refractivity contribution in [1.29, 1.82) is 0 Å². The van der Waals surface area contributed by atoms with E-state index in [1.54, 1.807) is 15.8 Å². The van der Waals surface area contributed by atoms with Gasteiger partial charge < -0.3 is 0 Å². The van der Waals surface area contributed by atoms with Crippen LogP contribution >= 0.6 is 7.47 Å². The van der Waals surface area contributed by atoms with Crippen LogP contribution < -0.4 is 10.6 Å². The van der Waals surface area contributed by atoms with E-state index in [1.165, 1.54) is 6.04 Å². The van der Waals surface area contributed by atoms with Gasteiger partial charge in [-0.1, -0.05) is 125 Å². The molecule has 1 aliphatic carbocycles. The topological polar surface area (TPSA) is 0 Å². The van der Waals surface area contributed by atoms with Crippen molar-refractivity contribution in [1.82, 2.24) is 0 Å². The number of hydrogen-bond acceptors (Lipinski definition) is 0. The highest BCUT2D eigenvalue weighted by Gasteiger charge is 2.52. The minimum Gasteiger partial charge on any atom is -0.0808 e. The van der Waals surface area contributed by atoms with Crippen LogP contribution in [-0.4, -0.2) is 7.74 Å². The molecule has 2 aromatic carbocycles. The van der Waals surface area contributed by atoms with Gasteiger partial charge in [-0.2, -0.15) is 0 Å². The van der Waals surface area contributed by atoms with Crippen LogP contribution in [-0.2, 0) is 0 Å². The second-order valence-electron chi connectivity index (χ2n) is 7.79. The third kappa shape index (κ3) is 3.33. The molecule has 0 radical (unpaired) electrons. The summed E-state index contributed by atoms with van der Waals surface area (Å²) in [7, 11) is -2.15. The van der Waals surface area contributed by atoms with Crippen LogP contribution in [0.1, 0.15) is 34.1 Å². The molecule has 2 heteroatoms. The molecule has 1 atom stereocenters.